The normalized spacial score (nSPS) is 10.0. The smallest absolute Gasteiger partial charge is 0.243 e. The molecule has 0 atom stereocenters. The number of nitrogens with zero attached hydrogens (tertiary/aromatic N) is 1. The van der Waals surface area contributed by atoms with Gasteiger partial charge in [0.2, 0.25) is 5.91 Å². The van der Waals surface area contributed by atoms with Gasteiger partial charge in [-0.25, -0.2) is 0 Å². The average Bonchev–Trinajstić information content (AvgIpc) is 2.47. The molecule has 0 radical (unpaired) electrons. The third-order valence-electron chi connectivity index (χ3n) is 2.50. The average molecular weight is 400 g/mol. The van der Waals surface area contributed by atoms with Gasteiger partial charge in [-0.05, 0) is 24.6 Å². The molecule has 6 heteroatoms. The Morgan fingerprint density at radius 2 is 2.14 bits per heavy atom. The highest BCUT2D eigenvalue weighted by Gasteiger charge is 2.04. The van der Waals surface area contributed by atoms with Gasteiger partial charge in [-0.3, -0.25) is 9.79 Å². The van der Waals surface area contributed by atoms with Crippen LogP contribution in [0.4, 0.5) is 5.69 Å². The third kappa shape index (κ3) is 7.56. The van der Waals surface area contributed by atoms with Crippen molar-refractivity contribution < 1.29 is 4.79 Å². The second-order valence-corrected chi connectivity index (χ2v) is 4.13. The Labute approximate surface area is 143 Å². The first-order chi connectivity index (χ1) is 9.69. The van der Waals surface area contributed by atoms with Crippen LogP contribution in [0, 0.1) is 12.3 Å². The monoisotopic (exact) mass is 400 g/mol. The fourth-order valence-electron chi connectivity index (χ4n) is 1.52. The lowest BCUT2D eigenvalue weighted by Gasteiger charge is -2.11. The van der Waals surface area contributed by atoms with E-state index < -0.39 is 0 Å². The molecule has 1 aromatic carbocycles. The van der Waals surface area contributed by atoms with Crippen molar-refractivity contribution in [3.05, 3.63) is 29.8 Å². The molecule has 0 fully saturated rings. The lowest BCUT2D eigenvalue weighted by Crippen LogP contribution is -2.41. The molecular formula is C15H21IN4O. The fourth-order valence-corrected chi connectivity index (χ4v) is 1.52. The zero-order valence-electron chi connectivity index (χ0n) is 12.3. The molecule has 1 aromatic rings. The van der Waals surface area contributed by atoms with E-state index in [1.807, 2.05) is 6.07 Å². The second kappa shape index (κ2) is 11.0. The van der Waals surface area contributed by atoms with Gasteiger partial charge in [0, 0.05) is 24.8 Å². The Hall–Kier alpha value is -1.75. The molecule has 1 rings (SSSR count). The minimum Gasteiger partial charge on any atom is -0.356 e. The van der Waals surface area contributed by atoms with E-state index in [9.17, 15) is 4.79 Å². The predicted octanol–water partition coefficient (Wildman–Crippen LogP) is 1.80. The molecule has 0 saturated heterocycles. The molecule has 0 aromatic heterocycles. The number of rotatable bonds is 5. The molecule has 0 saturated carbocycles. The van der Waals surface area contributed by atoms with Gasteiger partial charge in [-0.2, -0.15) is 0 Å². The summed E-state index contributed by atoms with van der Waals surface area (Å²) >= 11 is 0. The van der Waals surface area contributed by atoms with E-state index in [0.717, 1.165) is 18.5 Å². The number of nitrogens with one attached hydrogen (secondary N) is 3. The Morgan fingerprint density at radius 3 is 2.76 bits per heavy atom. The van der Waals surface area contributed by atoms with Gasteiger partial charge in [0.1, 0.15) is 0 Å². The summed E-state index contributed by atoms with van der Waals surface area (Å²) in [5.74, 6) is 2.98. The Balaban J connectivity index is 0.00000400. The molecule has 3 N–H and O–H groups in total. The van der Waals surface area contributed by atoms with Crippen LogP contribution < -0.4 is 16.0 Å². The van der Waals surface area contributed by atoms with Crippen LogP contribution >= 0.6 is 24.0 Å². The maximum Gasteiger partial charge on any atom is 0.243 e. The Kier molecular flexibility index (Phi) is 10.1. The predicted molar refractivity (Wildman–Crippen MR) is 98.1 cm³/mol. The van der Waals surface area contributed by atoms with Crippen LogP contribution in [0.2, 0.25) is 0 Å². The van der Waals surface area contributed by atoms with Gasteiger partial charge in [-0.15, -0.1) is 30.4 Å². The first-order valence-corrected chi connectivity index (χ1v) is 6.50. The zero-order valence-corrected chi connectivity index (χ0v) is 14.6. The molecule has 114 valence electrons. The molecule has 0 spiro atoms. The number of terminal acetylenes is 1. The molecule has 5 nitrogen and oxygen atoms in total. The van der Waals surface area contributed by atoms with E-state index in [1.165, 1.54) is 0 Å². The molecule has 1 amide bonds. The van der Waals surface area contributed by atoms with Crippen molar-refractivity contribution in [3.63, 3.8) is 0 Å². The number of carbonyl (C=O) groups is 1. The van der Waals surface area contributed by atoms with Gasteiger partial charge in [-0.1, -0.05) is 18.9 Å². The van der Waals surface area contributed by atoms with Gasteiger partial charge in [0.25, 0.3) is 0 Å². The number of carbonyl (C=O) groups excluding carboxylic acids is 1. The van der Waals surface area contributed by atoms with E-state index in [2.05, 4.69) is 33.8 Å². The third-order valence-corrected chi connectivity index (χ3v) is 2.50. The lowest BCUT2D eigenvalue weighted by atomic mass is 10.2. The minimum absolute atomic E-state index is 0. The number of guanidine groups is 1. The standard InChI is InChI=1S/C15H20N4O.HI/c1-4-9-17-15(16-3)18-11-14(20)19-13-8-6-7-12(5-2)10-13;/h2,6-8,10H,4,9,11H2,1,3H3,(H,19,20)(H2,16,17,18);1H. The van der Waals surface area contributed by atoms with Crippen molar-refractivity contribution in [2.45, 2.75) is 13.3 Å². The van der Waals surface area contributed by atoms with Crippen molar-refractivity contribution in [1.82, 2.24) is 10.6 Å². The van der Waals surface area contributed by atoms with Gasteiger partial charge in [0.15, 0.2) is 5.96 Å². The maximum absolute atomic E-state index is 11.8. The highest BCUT2D eigenvalue weighted by atomic mass is 127. The summed E-state index contributed by atoms with van der Waals surface area (Å²) in [6, 6.07) is 7.16. The van der Waals surface area contributed by atoms with Crippen LogP contribution in [0.3, 0.4) is 0 Å². The van der Waals surface area contributed by atoms with Crippen LogP contribution in [0.5, 0.6) is 0 Å². The van der Waals surface area contributed by atoms with Crippen LogP contribution in [0.15, 0.2) is 29.3 Å². The van der Waals surface area contributed by atoms with E-state index >= 15 is 0 Å². The van der Waals surface area contributed by atoms with E-state index in [1.54, 1.807) is 25.2 Å². The van der Waals surface area contributed by atoms with Crippen molar-refractivity contribution in [1.29, 1.82) is 0 Å². The first kappa shape index (κ1) is 19.2. The van der Waals surface area contributed by atoms with Crippen molar-refractivity contribution in [3.8, 4) is 12.3 Å². The van der Waals surface area contributed by atoms with Crippen molar-refractivity contribution >= 4 is 41.5 Å². The fraction of sp³-hybridized carbons (Fsp3) is 0.333. The lowest BCUT2D eigenvalue weighted by molar-refractivity contribution is -0.115. The Morgan fingerprint density at radius 1 is 1.38 bits per heavy atom. The molecule has 21 heavy (non-hydrogen) atoms. The summed E-state index contributed by atoms with van der Waals surface area (Å²) in [5.41, 5.74) is 1.42. The SMILES string of the molecule is C#Cc1cccc(NC(=O)CNC(=NC)NCCC)c1.I. The molecule has 0 aliphatic heterocycles. The highest BCUT2D eigenvalue weighted by molar-refractivity contribution is 14.0. The molecule has 0 bridgehead atoms. The first-order valence-electron chi connectivity index (χ1n) is 6.50. The second-order valence-electron chi connectivity index (χ2n) is 4.13. The Bertz CT molecular complexity index is 523. The molecule has 0 aliphatic carbocycles. The van der Waals surface area contributed by atoms with Crippen LogP contribution in [0.25, 0.3) is 0 Å². The highest BCUT2D eigenvalue weighted by Crippen LogP contribution is 2.09. The summed E-state index contributed by atoms with van der Waals surface area (Å²) in [5, 5.41) is 8.80. The number of hydrogen-bond donors (Lipinski definition) is 3. The number of hydrogen-bond acceptors (Lipinski definition) is 2. The summed E-state index contributed by atoms with van der Waals surface area (Å²) in [7, 11) is 1.67. The zero-order chi connectivity index (χ0) is 14.8. The molecular weight excluding hydrogens is 379 g/mol. The molecule has 0 aliphatic rings. The number of anilines is 1. The molecule has 0 unspecified atom stereocenters. The van der Waals surface area contributed by atoms with Crippen LogP contribution in [-0.2, 0) is 4.79 Å². The van der Waals surface area contributed by atoms with E-state index in [4.69, 9.17) is 6.42 Å². The quantitative estimate of drug-likeness (QED) is 0.306. The molecule has 0 heterocycles. The van der Waals surface area contributed by atoms with E-state index in [-0.39, 0.29) is 36.4 Å². The van der Waals surface area contributed by atoms with Crippen LogP contribution in [-0.4, -0.2) is 32.0 Å². The maximum atomic E-state index is 11.8. The van der Waals surface area contributed by atoms with Crippen molar-refractivity contribution in [2.24, 2.45) is 4.99 Å². The van der Waals surface area contributed by atoms with Gasteiger partial charge in [0.05, 0.1) is 6.54 Å². The summed E-state index contributed by atoms with van der Waals surface area (Å²) in [4.78, 5) is 15.8. The van der Waals surface area contributed by atoms with E-state index in [0.29, 0.717) is 11.6 Å². The summed E-state index contributed by atoms with van der Waals surface area (Å²) < 4.78 is 0. The number of halogens is 1. The van der Waals surface area contributed by atoms with Crippen LogP contribution in [0.1, 0.15) is 18.9 Å². The minimum atomic E-state index is -0.154. The summed E-state index contributed by atoms with van der Waals surface area (Å²) in [6.45, 7) is 3.01. The number of benzene rings is 1. The summed E-state index contributed by atoms with van der Waals surface area (Å²) in [6.07, 6.45) is 6.31. The number of amides is 1. The number of aliphatic imine (C=N–C) groups is 1. The van der Waals surface area contributed by atoms with Gasteiger partial charge < -0.3 is 16.0 Å². The topological polar surface area (TPSA) is 65.5 Å². The van der Waals surface area contributed by atoms with Crippen molar-refractivity contribution in [2.75, 3.05) is 25.5 Å². The largest absolute Gasteiger partial charge is 0.356 e. The van der Waals surface area contributed by atoms with Gasteiger partial charge >= 0.3 is 0 Å².